The van der Waals surface area contributed by atoms with Crippen molar-refractivity contribution in [2.75, 3.05) is 13.2 Å². The van der Waals surface area contributed by atoms with E-state index in [1.807, 2.05) is 30.3 Å². The molecule has 6 nitrogen and oxygen atoms in total. The summed E-state index contributed by atoms with van der Waals surface area (Å²) in [6, 6.07) is 15.0. The van der Waals surface area contributed by atoms with Crippen molar-refractivity contribution in [2.45, 2.75) is 12.5 Å². The van der Waals surface area contributed by atoms with Crippen molar-refractivity contribution in [2.24, 2.45) is 5.73 Å². The van der Waals surface area contributed by atoms with Crippen LogP contribution in [-0.4, -0.2) is 25.1 Å². The lowest BCUT2D eigenvalue weighted by Crippen LogP contribution is -2.37. The molecule has 0 heterocycles. The summed E-state index contributed by atoms with van der Waals surface area (Å²) in [6.07, 6.45) is 0.0912. The monoisotopic (exact) mass is 361 g/mol. The number of urea groups is 1. The number of nitrogens with one attached hydrogen (secondary N) is 2. The first kappa shape index (κ1) is 18.6. The fourth-order valence-corrected chi connectivity index (χ4v) is 2.38. The van der Waals surface area contributed by atoms with Gasteiger partial charge in [-0.2, -0.15) is 0 Å². The molecule has 25 heavy (non-hydrogen) atoms. The van der Waals surface area contributed by atoms with Crippen molar-refractivity contribution in [1.29, 1.82) is 0 Å². The third kappa shape index (κ3) is 6.73. The van der Waals surface area contributed by atoms with Crippen LogP contribution in [0.15, 0.2) is 54.6 Å². The van der Waals surface area contributed by atoms with Gasteiger partial charge in [0.1, 0.15) is 12.4 Å². The minimum absolute atomic E-state index is 0.0912. The molecule has 7 heteroatoms. The van der Waals surface area contributed by atoms with Crippen LogP contribution >= 0.6 is 11.6 Å². The predicted molar refractivity (Wildman–Crippen MR) is 96.5 cm³/mol. The van der Waals surface area contributed by atoms with Gasteiger partial charge >= 0.3 is 6.03 Å². The Morgan fingerprint density at radius 1 is 1.08 bits per heavy atom. The highest BCUT2D eigenvalue weighted by atomic mass is 35.5. The average Bonchev–Trinajstić information content (AvgIpc) is 2.60. The maximum Gasteiger partial charge on any atom is 0.312 e. The van der Waals surface area contributed by atoms with Crippen LogP contribution in [0.3, 0.4) is 0 Å². The van der Waals surface area contributed by atoms with E-state index < -0.39 is 12.1 Å². The molecule has 132 valence electrons. The van der Waals surface area contributed by atoms with E-state index in [4.69, 9.17) is 22.1 Å². The van der Waals surface area contributed by atoms with Crippen LogP contribution in [0, 0.1) is 0 Å². The summed E-state index contributed by atoms with van der Waals surface area (Å²) in [6.45, 7) is 0.673. The number of amides is 3. The third-order valence-electron chi connectivity index (χ3n) is 3.41. The second kappa shape index (κ2) is 9.54. The Kier molecular flexibility index (Phi) is 7.10. The van der Waals surface area contributed by atoms with Crippen molar-refractivity contribution in [3.8, 4) is 5.75 Å². The molecule has 0 saturated heterocycles. The minimum atomic E-state index is -0.673. The van der Waals surface area contributed by atoms with Crippen molar-refractivity contribution < 1.29 is 14.3 Å². The lowest BCUT2D eigenvalue weighted by atomic mass is 10.0. The third-order valence-corrected chi connectivity index (χ3v) is 3.67. The smallest absolute Gasteiger partial charge is 0.312 e. The van der Waals surface area contributed by atoms with E-state index in [2.05, 4.69) is 10.6 Å². The Balaban J connectivity index is 1.78. The van der Waals surface area contributed by atoms with Crippen LogP contribution < -0.4 is 21.1 Å². The predicted octanol–water partition coefficient (Wildman–Crippen LogP) is 2.63. The molecule has 2 aromatic rings. The number of carbonyl (C=O) groups is 2. The molecule has 0 aliphatic heterocycles. The van der Waals surface area contributed by atoms with Crippen LogP contribution in [0.1, 0.15) is 18.0 Å². The van der Waals surface area contributed by atoms with E-state index in [9.17, 15) is 9.59 Å². The first-order valence-electron chi connectivity index (χ1n) is 7.80. The van der Waals surface area contributed by atoms with Gasteiger partial charge in [0.2, 0.25) is 5.91 Å². The molecule has 0 radical (unpaired) electrons. The minimum Gasteiger partial charge on any atom is -0.492 e. The zero-order valence-electron chi connectivity index (χ0n) is 13.6. The molecular formula is C18H20ClN3O3. The number of hydrogen-bond acceptors (Lipinski definition) is 3. The molecule has 0 spiro atoms. The van der Waals surface area contributed by atoms with Crippen LogP contribution in [-0.2, 0) is 4.79 Å². The van der Waals surface area contributed by atoms with E-state index in [0.717, 1.165) is 5.56 Å². The molecule has 0 aliphatic rings. The first-order valence-corrected chi connectivity index (χ1v) is 8.18. The van der Waals surface area contributed by atoms with E-state index in [0.29, 0.717) is 23.9 Å². The van der Waals surface area contributed by atoms with Gasteiger partial charge in [-0.25, -0.2) is 4.79 Å². The topological polar surface area (TPSA) is 93.5 Å². The summed E-state index contributed by atoms with van der Waals surface area (Å²) in [5.74, 6) is 0.471. The Morgan fingerprint density at radius 2 is 1.76 bits per heavy atom. The lowest BCUT2D eigenvalue weighted by Gasteiger charge is -2.17. The zero-order valence-corrected chi connectivity index (χ0v) is 14.3. The SMILES string of the molecule is NC(=O)NC(CC(=O)NCCOc1ccc(Cl)cc1)c1ccccc1. The quantitative estimate of drug-likeness (QED) is 0.631. The van der Waals surface area contributed by atoms with Crippen molar-refractivity contribution in [1.82, 2.24) is 10.6 Å². The molecule has 0 fully saturated rings. The Morgan fingerprint density at radius 3 is 2.40 bits per heavy atom. The van der Waals surface area contributed by atoms with Gasteiger partial charge in [-0.15, -0.1) is 0 Å². The van der Waals surface area contributed by atoms with Gasteiger partial charge in [0.25, 0.3) is 0 Å². The maximum atomic E-state index is 12.1. The molecule has 0 aliphatic carbocycles. The largest absolute Gasteiger partial charge is 0.492 e. The molecular weight excluding hydrogens is 342 g/mol. The van der Waals surface area contributed by atoms with E-state index >= 15 is 0 Å². The normalized spacial score (nSPS) is 11.4. The number of primary amides is 1. The number of hydrogen-bond donors (Lipinski definition) is 3. The fraction of sp³-hybridized carbons (Fsp3) is 0.222. The van der Waals surface area contributed by atoms with Gasteiger partial charge in [0.15, 0.2) is 0 Å². The van der Waals surface area contributed by atoms with E-state index in [-0.39, 0.29) is 12.3 Å². The summed E-state index contributed by atoms with van der Waals surface area (Å²) < 4.78 is 5.50. The standard InChI is InChI=1S/C18H20ClN3O3/c19-14-6-8-15(9-7-14)25-11-10-21-17(23)12-16(22-18(20)24)13-4-2-1-3-5-13/h1-9,16H,10-12H2,(H,21,23)(H3,20,22,24). The number of carbonyl (C=O) groups excluding carboxylic acids is 2. The van der Waals surface area contributed by atoms with Gasteiger partial charge < -0.3 is 21.1 Å². The summed E-state index contributed by atoms with van der Waals surface area (Å²) in [5, 5.41) is 5.97. The second-order valence-electron chi connectivity index (χ2n) is 5.33. The number of nitrogens with two attached hydrogens (primary N) is 1. The molecule has 0 saturated carbocycles. The van der Waals surface area contributed by atoms with Gasteiger partial charge in [-0.1, -0.05) is 41.9 Å². The number of benzene rings is 2. The van der Waals surface area contributed by atoms with Crippen LogP contribution in [0.4, 0.5) is 4.79 Å². The molecule has 3 amide bonds. The Labute approximate surface area is 151 Å². The summed E-state index contributed by atoms with van der Waals surface area (Å²) in [7, 11) is 0. The van der Waals surface area contributed by atoms with Crippen LogP contribution in [0.2, 0.25) is 5.02 Å². The van der Waals surface area contributed by atoms with Crippen molar-refractivity contribution >= 4 is 23.5 Å². The zero-order chi connectivity index (χ0) is 18.1. The van der Waals surface area contributed by atoms with Crippen LogP contribution in [0.5, 0.6) is 5.75 Å². The van der Waals surface area contributed by atoms with Gasteiger partial charge in [-0.3, -0.25) is 4.79 Å². The average molecular weight is 362 g/mol. The van der Waals surface area contributed by atoms with Crippen molar-refractivity contribution in [3.05, 3.63) is 65.2 Å². The van der Waals surface area contributed by atoms with E-state index in [1.54, 1.807) is 24.3 Å². The first-order chi connectivity index (χ1) is 12.0. The molecule has 2 aromatic carbocycles. The molecule has 4 N–H and O–H groups in total. The molecule has 2 rings (SSSR count). The van der Waals surface area contributed by atoms with Gasteiger partial charge in [0.05, 0.1) is 19.0 Å². The highest BCUT2D eigenvalue weighted by Crippen LogP contribution is 2.16. The summed E-state index contributed by atoms with van der Waals surface area (Å²) in [5.41, 5.74) is 6.01. The molecule has 1 unspecified atom stereocenters. The number of ether oxygens (including phenoxy) is 1. The highest BCUT2D eigenvalue weighted by Gasteiger charge is 2.16. The molecule has 0 aromatic heterocycles. The summed E-state index contributed by atoms with van der Waals surface area (Å²) in [4.78, 5) is 23.2. The fourth-order valence-electron chi connectivity index (χ4n) is 2.26. The highest BCUT2D eigenvalue weighted by molar-refractivity contribution is 6.30. The number of halogens is 1. The molecule has 0 bridgehead atoms. The second-order valence-corrected chi connectivity index (χ2v) is 5.76. The maximum absolute atomic E-state index is 12.1. The Hall–Kier alpha value is -2.73. The Bertz CT molecular complexity index is 692. The van der Waals surface area contributed by atoms with Gasteiger partial charge in [0, 0.05) is 5.02 Å². The summed E-state index contributed by atoms with van der Waals surface area (Å²) >= 11 is 5.80. The van der Waals surface area contributed by atoms with Crippen molar-refractivity contribution in [3.63, 3.8) is 0 Å². The number of rotatable bonds is 8. The molecule has 1 atom stereocenters. The van der Waals surface area contributed by atoms with E-state index in [1.165, 1.54) is 0 Å². The van der Waals surface area contributed by atoms with Crippen LogP contribution in [0.25, 0.3) is 0 Å². The van der Waals surface area contributed by atoms with Gasteiger partial charge in [-0.05, 0) is 29.8 Å². The lowest BCUT2D eigenvalue weighted by molar-refractivity contribution is -0.121.